The van der Waals surface area contributed by atoms with Crippen LogP contribution in [-0.2, 0) is 16.8 Å². The number of furan rings is 1. The summed E-state index contributed by atoms with van der Waals surface area (Å²) < 4.78 is 11.9. The van der Waals surface area contributed by atoms with E-state index in [0.29, 0.717) is 6.10 Å². The summed E-state index contributed by atoms with van der Waals surface area (Å²) >= 11 is 0. The number of ether oxygens (including phenoxy) is 1. The Morgan fingerprint density at radius 1 is 1.40 bits per heavy atom. The molecule has 1 aliphatic heterocycles. The van der Waals surface area contributed by atoms with Crippen LogP contribution in [0.5, 0.6) is 0 Å². The van der Waals surface area contributed by atoms with E-state index in [0.717, 1.165) is 12.2 Å². The van der Waals surface area contributed by atoms with Crippen LogP contribution in [0.4, 0.5) is 0 Å². The van der Waals surface area contributed by atoms with Crippen molar-refractivity contribution in [3.05, 3.63) is 23.2 Å². The normalized spacial score (nSPS) is 34.7. The smallest absolute Gasteiger partial charge is 0.110 e. The molecular formula is C13H18O2. The summed E-state index contributed by atoms with van der Waals surface area (Å²) in [6.07, 6.45) is 6.22. The molecule has 1 saturated heterocycles. The van der Waals surface area contributed by atoms with Crippen LogP contribution in [0.3, 0.4) is 0 Å². The molecule has 2 atom stereocenters. The van der Waals surface area contributed by atoms with Gasteiger partial charge in [0.05, 0.1) is 11.7 Å². The Bertz CT molecular complexity index is 380. The highest BCUT2D eigenvalue weighted by molar-refractivity contribution is 5.31. The van der Waals surface area contributed by atoms with E-state index in [-0.39, 0.29) is 5.60 Å². The van der Waals surface area contributed by atoms with Gasteiger partial charge in [0.2, 0.25) is 0 Å². The van der Waals surface area contributed by atoms with Crippen LogP contribution in [0, 0.1) is 6.92 Å². The van der Waals surface area contributed by atoms with Crippen molar-refractivity contribution in [1.82, 2.24) is 0 Å². The summed E-state index contributed by atoms with van der Waals surface area (Å²) in [7, 11) is 0. The molecule has 0 bridgehead atoms. The molecule has 82 valence electrons. The summed E-state index contributed by atoms with van der Waals surface area (Å²) in [4.78, 5) is 0. The van der Waals surface area contributed by atoms with Gasteiger partial charge in [-0.1, -0.05) is 0 Å². The molecule has 0 saturated carbocycles. The molecule has 1 fully saturated rings. The molecule has 0 radical (unpaired) electrons. The van der Waals surface area contributed by atoms with Crippen LogP contribution < -0.4 is 0 Å². The molecule has 2 aliphatic rings. The van der Waals surface area contributed by atoms with Crippen LogP contribution in [-0.4, -0.2) is 6.10 Å². The first-order chi connectivity index (χ1) is 7.20. The van der Waals surface area contributed by atoms with Crippen LogP contribution in [0.1, 0.15) is 49.7 Å². The van der Waals surface area contributed by atoms with Gasteiger partial charge in [0.15, 0.2) is 0 Å². The standard InChI is InChI=1S/C13H18O2/c1-9-5-7-13(15-9)6-3-4-12-11(13)8-10(2)14-12/h8-9H,3-7H2,1-2H3. The molecular weight excluding hydrogens is 188 g/mol. The lowest BCUT2D eigenvalue weighted by molar-refractivity contribution is -0.0511. The lowest BCUT2D eigenvalue weighted by Gasteiger charge is -2.32. The number of aryl methyl sites for hydroxylation is 2. The average Bonchev–Trinajstić information content (AvgIpc) is 2.72. The quantitative estimate of drug-likeness (QED) is 0.649. The van der Waals surface area contributed by atoms with Crippen molar-refractivity contribution < 1.29 is 9.15 Å². The molecule has 0 amide bonds. The number of fused-ring (bicyclic) bond motifs is 2. The molecule has 1 spiro atoms. The summed E-state index contributed by atoms with van der Waals surface area (Å²) in [6.45, 7) is 4.21. The van der Waals surface area contributed by atoms with Crippen molar-refractivity contribution in [1.29, 1.82) is 0 Å². The molecule has 1 aromatic rings. The largest absolute Gasteiger partial charge is 0.466 e. The van der Waals surface area contributed by atoms with Gasteiger partial charge in [-0.3, -0.25) is 0 Å². The van der Waals surface area contributed by atoms with E-state index in [1.807, 2.05) is 6.92 Å². The van der Waals surface area contributed by atoms with Crippen molar-refractivity contribution in [2.45, 2.75) is 57.7 Å². The molecule has 1 aromatic heterocycles. The maximum Gasteiger partial charge on any atom is 0.110 e. The monoisotopic (exact) mass is 206 g/mol. The number of hydrogen-bond donors (Lipinski definition) is 0. The van der Waals surface area contributed by atoms with E-state index in [9.17, 15) is 0 Å². The summed E-state index contributed by atoms with van der Waals surface area (Å²) in [5.74, 6) is 2.21. The summed E-state index contributed by atoms with van der Waals surface area (Å²) in [5, 5.41) is 0. The highest BCUT2D eigenvalue weighted by Crippen LogP contribution is 2.48. The van der Waals surface area contributed by atoms with Gasteiger partial charge in [-0.2, -0.15) is 0 Å². The predicted octanol–water partition coefficient (Wildman–Crippen LogP) is 3.32. The Hall–Kier alpha value is -0.760. The molecule has 2 nitrogen and oxygen atoms in total. The van der Waals surface area contributed by atoms with Gasteiger partial charge in [-0.05, 0) is 45.6 Å². The third-order valence-corrected chi connectivity index (χ3v) is 3.79. The zero-order valence-corrected chi connectivity index (χ0v) is 9.51. The van der Waals surface area contributed by atoms with Gasteiger partial charge < -0.3 is 9.15 Å². The van der Waals surface area contributed by atoms with Crippen molar-refractivity contribution in [3.63, 3.8) is 0 Å². The third-order valence-electron chi connectivity index (χ3n) is 3.79. The third kappa shape index (κ3) is 1.35. The lowest BCUT2D eigenvalue weighted by Crippen LogP contribution is -2.29. The topological polar surface area (TPSA) is 22.4 Å². The summed E-state index contributed by atoms with van der Waals surface area (Å²) in [6, 6.07) is 2.19. The minimum atomic E-state index is 0.00472. The average molecular weight is 206 g/mol. The second kappa shape index (κ2) is 3.11. The fourth-order valence-electron chi connectivity index (χ4n) is 3.12. The minimum absolute atomic E-state index is 0.00472. The zero-order valence-electron chi connectivity index (χ0n) is 9.51. The van der Waals surface area contributed by atoms with Crippen molar-refractivity contribution in [2.24, 2.45) is 0 Å². The Labute approximate surface area is 90.6 Å². The highest BCUT2D eigenvalue weighted by Gasteiger charge is 2.44. The van der Waals surface area contributed by atoms with Gasteiger partial charge >= 0.3 is 0 Å². The Morgan fingerprint density at radius 2 is 2.27 bits per heavy atom. The number of hydrogen-bond acceptors (Lipinski definition) is 2. The second-order valence-corrected chi connectivity index (χ2v) is 5.01. The number of rotatable bonds is 0. The lowest BCUT2D eigenvalue weighted by atomic mass is 9.81. The molecule has 1 aliphatic carbocycles. The first-order valence-corrected chi connectivity index (χ1v) is 5.97. The molecule has 0 aromatic carbocycles. The minimum Gasteiger partial charge on any atom is -0.466 e. The van der Waals surface area contributed by atoms with Gasteiger partial charge in [-0.25, -0.2) is 0 Å². The molecule has 0 N–H and O–H groups in total. The maximum atomic E-state index is 6.17. The molecule has 2 heterocycles. The van der Waals surface area contributed by atoms with E-state index in [1.54, 1.807) is 0 Å². The van der Waals surface area contributed by atoms with Crippen LogP contribution in [0.15, 0.2) is 10.5 Å². The first kappa shape index (κ1) is 9.46. The zero-order chi connectivity index (χ0) is 10.5. The van der Waals surface area contributed by atoms with Crippen molar-refractivity contribution in [3.8, 4) is 0 Å². The predicted molar refractivity (Wildman–Crippen MR) is 57.8 cm³/mol. The second-order valence-electron chi connectivity index (χ2n) is 5.01. The van der Waals surface area contributed by atoms with Gasteiger partial charge in [0.25, 0.3) is 0 Å². The van der Waals surface area contributed by atoms with Crippen molar-refractivity contribution in [2.75, 3.05) is 0 Å². The Morgan fingerprint density at radius 3 is 3.00 bits per heavy atom. The SMILES string of the molecule is Cc1cc2c(o1)CCCC21CCC(C)O1. The van der Waals surface area contributed by atoms with Crippen LogP contribution in [0.25, 0.3) is 0 Å². The highest BCUT2D eigenvalue weighted by atomic mass is 16.5. The van der Waals surface area contributed by atoms with E-state index in [2.05, 4.69) is 13.0 Å². The molecule has 15 heavy (non-hydrogen) atoms. The van der Waals surface area contributed by atoms with E-state index in [1.165, 1.54) is 37.0 Å². The van der Waals surface area contributed by atoms with E-state index < -0.39 is 0 Å². The molecule has 2 unspecified atom stereocenters. The van der Waals surface area contributed by atoms with E-state index in [4.69, 9.17) is 9.15 Å². The van der Waals surface area contributed by atoms with Gasteiger partial charge in [0.1, 0.15) is 11.5 Å². The van der Waals surface area contributed by atoms with Crippen molar-refractivity contribution >= 4 is 0 Å². The maximum absolute atomic E-state index is 6.17. The fourth-order valence-corrected chi connectivity index (χ4v) is 3.12. The van der Waals surface area contributed by atoms with Gasteiger partial charge in [-0.15, -0.1) is 0 Å². The molecule has 3 rings (SSSR count). The van der Waals surface area contributed by atoms with Gasteiger partial charge in [0, 0.05) is 12.0 Å². The fraction of sp³-hybridized carbons (Fsp3) is 0.692. The van der Waals surface area contributed by atoms with E-state index >= 15 is 0 Å². The van der Waals surface area contributed by atoms with Crippen LogP contribution >= 0.6 is 0 Å². The van der Waals surface area contributed by atoms with Crippen LogP contribution in [0.2, 0.25) is 0 Å². The first-order valence-electron chi connectivity index (χ1n) is 5.97. The Balaban J connectivity index is 2.05. The Kier molecular flexibility index (Phi) is 1.96. The summed E-state index contributed by atoms with van der Waals surface area (Å²) in [5.41, 5.74) is 1.35. The molecule has 2 heteroatoms.